The summed E-state index contributed by atoms with van der Waals surface area (Å²) in [5, 5.41) is 73.6. The van der Waals surface area contributed by atoms with E-state index in [0.29, 0.717) is 0 Å². The van der Waals surface area contributed by atoms with E-state index in [0.717, 1.165) is 0 Å². The van der Waals surface area contributed by atoms with Gasteiger partial charge in [-0.25, -0.2) is 4.79 Å². The first-order valence-corrected chi connectivity index (χ1v) is 6.80. The van der Waals surface area contributed by atoms with Crippen molar-refractivity contribution in [3.8, 4) is 0 Å². The normalized spacial score (nSPS) is 57.5. The molecule has 5 aliphatic rings. The molecule has 11 N–H and O–H groups in total. The Kier molecular flexibility index (Phi) is 3.25. The molecule has 136 valence electrons. The summed E-state index contributed by atoms with van der Waals surface area (Å²) in [6.07, 6.45) is -9.03. The molecule has 13 heteroatoms. The number of ether oxygens (including phenoxy) is 2. The number of carboxylic acid groups (broad SMARTS) is 1. The van der Waals surface area contributed by atoms with Crippen LogP contribution in [-0.4, -0.2) is 95.8 Å². The van der Waals surface area contributed by atoms with Crippen LogP contribution in [0.4, 0.5) is 0 Å². The number of aliphatic hydroxyl groups is 5. The molecular formula is C11H17N3O10. The Morgan fingerprint density at radius 1 is 1.17 bits per heavy atom. The molecule has 1 spiro atoms. The van der Waals surface area contributed by atoms with E-state index in [1.165, 1.54) is 0 Å². The van der Waals surface area contributed by atoms with E-state index in [2.05, 4.69) is 10.6 Å². The third-order valence-electron chi connectivity index (χ3n) is 5.23. The summed E-state index contributed by atoms with van der Waals surface area (Å²) in [6.45, 7) is 0. The second kappa shape index (κ2) is 4.53. The van der Waals surface area contributed by atoms with Crippen molar-refractivity contribution in [2.75, 3.05) is 0 Å². The minimum absolute atomic E-state index is 0. The van der Waals surface area contributed by atoms with Crippen molar-refractivity contribution in [1.82, 2.24) is 10.6 Å². The van der Waals surface area contributed by atoms with Crippen molar-refractivity contribution in [2.45, 2.75) is 47.8 Å². The monoisotopic (exact) mass is 351 g/mol. The molecule has 4 bridgehead atoms. The van der Waals surface area contributed by atoms with Crippen LogP contribution in [0.3, 0.4) is 0 Å². The van der Waals surface area contributed by atoms with Crippen LogP contribution >= 0.6 is 0 Å². The van der Waals surface area contributed by atoms with Crippen molar-refractivity contribution in [2.24, 2.45) is 5.92 Å². The highest BCUT2D eigenvalue weighted by Gasteiger charge is 2.84. The summed E-state index contributed by atoms with van der Waals surface area (Å²) in [7, 11) is 0. The van der Waals surface area contributed by atoms with Gasteiger partial charge in [0.05, 0.1) is 5.92 Å². The largest absolute Gasteiger partial charge is 0.479 e. The first-order chi connectivity index (χ1) is 10.6. The smallest absolute Gasteiger partial charge is 0.341 e. The number of carbonyl (C=O) groups is 1. The van der Waals surface area contributed by atoms with Crippen molar-refractivity contribution in [3.05, 3.63) is 0 Å². The van der Waals surface area contributed by atoms with Gasteiger partial charge in [0.1, 0.15) is 30.1 Å². The zero-order valence-corrected chi connectivity index (χ0v) is 11.9. The van der Waals surface area contributed by atoms with Gasteiger partial charge in [0.15, 0.2) is 12.1 Å². The average Bonchev–Trinajstić information content (AvgIpc) is 2.44. The predicted molar refractivity (Wildman–Crippen MR) is 69.1 cm³/mol. The molecule has 5 rings (SSSR count). The Morgan fingerprint density at radius 3 is 2.33 bits per heavy atom. The molecule has 1 aliphatic carbocycles. The summed E-state index contributed by atoms with van der Waals surface area (Å²) in [5.74, 6) is -6.34. The predicted octanol–water partition coefficient (Wildman–Crippen LogP) is -6.04. The fraction of sp³-hybridized carbons (Fsp3) is 0.818. The molecule has 9 atom stereocenters. The van der Waals surface area contributed by atoms with Crippen LogP contribution in [0.1, 0.15) is 0 Å². The van der Waals surface area contributed by atoms with Gasteiger partial charge in [-0.15, -0.1) is 0 Å². The summed E-state index contributed by atoms with van der Waals surface area (Å²) >= 11 is 0. The van der Waals surface area contributed by atoms with E-state index in [1.54, 1.807) is 0 Å². The highest BCUT2D eigenvalue weighted by molar-refractivity contribution is 5.83. The van der Waals surface area contributed by atoms with Crippen LogP contribution in [0.15, 0.2) is 0 Å². The molecular weight excluding hydrogens is 334 g/mol. The van der Waals surface area contributed by atoms with E-state index in [1.807, 2.05) is 0 Å². The van der Waals surface area contributed by atoms with Gasteiger partial charge in [-0.1, -0.05) is 0 Å². The molecule has 4 heterocycles. The van der Waals surface area contributed by atoms with Gasteiger partial charge >= 0.3 is 11.9 Å². The Bertz CT molecular complexity index is 619. The summed E-state index contributed by atoms with van der Waals surface area (Å²) in [6, 6.07) is 0. The number of aliphatic carboxylic acids is 1. The number of hydrogen-bond acceptors (Lipinski definition) is 9. The molecule has 4 aliphatic heterocycles. The molecule has 5 fully saturated rings. The third-order valence-corrected chi connectivity index (χ3v) is 5.23. The molecule has 0 radical (unpaired) electrons. The van der Waals surface area contributed by atoms with Crippen LogP contribution < -0.4 is 10.6 Å². The number of hydrogen-bond donors (Lipinski definition) is 9. The fourth-order valence-corrected chi connectivity index (χ4v) is 4.24. The number of nitrogens with one attached hydrogen (secondary N) is 3. The molecule has 0 amide bonds. The first kappa shape index (κ1) is 17.2. The molecule has 1 unspecified atom stereocenters. The number of aliphatic hydroxyl groups excluding tert-OH is 3. The van der Waals surface area contributed by atoms with Crippen molar-refractivity contribution >= 4 is 11.9 Å². The molecule has 4 saturated heterocycles. The average molecular weight is 351 g/mol. The molecule has 24 heavy (non-hydrogen) atoms. The quantitative estimate of drug-likeness (QED) is 0.215. The number of guanidine groups is 1. The third kappa shape index (κ3) is 1.51. The maximum atomic E-state index is 11.6. The lowest BCUT2D eigenvalue weighted by atomic mass is 9.54. The molecule has 0 aromatic heterocycles. The van der Waals surface area contributed by atoms with Crippen LogP contribution in [0.2, 0.25) is 0 Å². The minimum Gasteiger partial charge on any atom is -0.479 e. The van der Waals surface area contributed by atoms with Crippen molar-refractivity contribution < 1.29 is 50.4 Å². The maximum Gasteiger partial charge on any atom is 0.341 e. The van der Waals surface area contributed by atoms with E-state index in [4.69, 9.17) is 14.9 Å². The fourth-order valence-electron chi connectivity index (χ4n) is 4.24. The highest BCUT2D eigenvalue weighted by Crippen LogP contribution is 2.58. The summed E-state index contributed by atoms with van der Waals surface area (Å²) in [4.78, 5) is 11.6. The van der Waals surface area contributed by atoms with E-state index in [9.17, 15) is 35.4 Å². The lowest BCUT2D eigenvalue weighted by Gasteiger charge is -2.71. The Labute approximate surface area is 133 Å². The van der Waals surface area contributed by atoms with Crippen LogP contribution in [0, 0.1) is 11.3 Å². The van der Waals surface area contributed by atoms with Crippen LogP contribution in [0.25, 0.3) is 0 Å². The molecule has 13 nitrogen and oxygen atoms in total. The zero-order chi connectivity index (χ0) is 16.9. The SMILES string of the molecule is N=C1N[C@H](O)[C@H]2[C@H]3O[C@]4(O)O[C@@H](C(O)[C@@]2(N1)[C@@H]4O)[C@]3(O)C(=O)O.O. The molecule has 1 saturated carbocycles. The van der Waals surface area contributed by atoms with Crippen LogP contribution in [0.5, 0.6) is 0 Å². The van der Waals surface area contributed by atoms with Gasteiger partial charge in [-0.3, -0.25) is 5.41 Å². The van der Waals surface area contributed by atoms with Gasteiger partial charge in [0.25, 0.3) is 0 Å². The zero-order valence-electron chi connectivity index (χ0n) is 11.9. The Hall–Kier alpha value is -1.58. The summed E-state index contributed by atoms with van der Waals surface area (Å²) < 4.78 is 9.97. The Morgan fingerprint density at radius 2 is 1.75 bits per heavy atom. The standard InChI is InChI=1S/C11H15N3O9.H2O/c12-8-13-5(16)1-3-10(20,7(18)19)4-2(15)9(1,14-8)6(17)11(21,22-3)23-4;/h1-6,15-17,20-21H,(H,18,19)(H3,12,13,14);1H2/t1-,2?,3-,4+,5-,6+,9-,10+,11+;/m1./s1. The lowest BCUT2D eigenvalue weighted by Crippen LogP contribution is -2.97. The Balaban J connectivity index is 0.00000169. The lowest BCUT2D eigenvalue weighted by molar-refractivity contribution is -0.542. The van der Waals surface area contributed by atoms with E-state index < -0.39 is 65.6 Å². The molecule has 0 aromatic carbocycles. The van der Waals surface area contributed by atoms with E-state index in [-0.39, 0.29) is 5.48 Å². The highest BCUT2D eigenvalue weighted by atomic mass is 16.9. The first-order valence-electron chi connectivity index (χ1n) is 6.80. The maximum absolute atomic E-state index is 11.6. The van der Waals surface area contributed by atoms with Crippen molar-refractivity contribution in [1.29, 1.82) is 5.41 Å². The van der Waals surface area contributed by atoms with Gasteiger partial charge < -0.3 is 56.2 Å². The van der Waals surface area contributed by atoms with E-state index >= 15 is 0 Å². The van der Waals surface area contributed by atoms with Crippen molar-refractivity contribution in [3.63, 3.8) is 0 Å². The summed E-state index contributed by atoms with van der Waals surface area (Å²) in [5.41, 5.74) is -4.71. The second-order valence-electron chi connectivity index (χ2n) is 6.23. The van der Waals surface area contributed by atoms with Gasteiger partial charge in [0.2, 0.25) is 5.60 Å². The number of carboxylic acids is 1. The minimum atomic E-state index is -2.77. The molecule has 0 aromatic rings. The number of rotatable bonds is 1. The van der Waals surface area contributed by atoms with Gasteiger partial charge in [-0.05, 0) is 0 Å². The topological polar surface area (TPSA) is 236 Å². The van der Waals surface area contributed by atoms with Gasteiger partial charge in [-0.2, -0.15) is 0 Å². The second-order valence-corrected chi connectivity index (χ2v) is 6.23. The van der Waals surface area contributed by atoms with Gasteiger partial charge in [0, 0.05) is 0 Å². The van der Waals surface area contributed by atoms with Crippen LogP contribution in [-0.2, 0) is 14.3 Å².